The lowest BCUT2D eigenvalue weighted by Gasteiger charge is -2.10. The molecule has 0 atom stereocenters. The number of aromatic nitrogens is 3. The highest BCUT2D eigenvalue weighted by Crippen LogP contribution is 2.17. The van der Waals surface area contributed by atoms with Crippen molar-refractivity contribution in [1.29, 1.82) is 0 Å². The van der Waals surface area contributed by atoms with Crippen LogP contribution in [-0.2, 0) is 0 Å². The number of anilines is 1. The van der Waals surface area contributed by atoms with Gasteiger partial charge in [-0.05, 0) is 30.3 Å². The van der Waals surface area contributed by atoms with Gasteiger partial charge in [0.2, 0.25) is 0 Å². The van der Waals surface area contributed by atoms with Crippen LogP contribution in [0, 0.1) is 0 Å². The summed E-state index contributed by atoms with van der Waals surface area (Å²) in [5.41, 5.74) is 1.54. The second-order valence-corrected chi connectivity index (χ2v) is 5.40. The molecule has 0 saturated heterocycles. The van der Waals surface area contributed by atoms with Crippen molar-refractivity contribution in [1.82, 2.24) is 25.2 Å². The fourth-order valence-corrected chi connectivity index (χ4v) is 2.48. The third-order valence-corrected chi connectivity index (χ3v) is 3.74. The van der Waals surface area contributed by atoms with Gasteiger partial charge < -0.3 is 16.0 Å². The molecule has 9 heteroatoms. The molecule has 2 aromatic heterocycles. The highest BCUT2D eigenvalue weighted by molar-refractivity contribution is 6.09. The minimum Gasteiger partial charge on any atom is -0.355 e. The van der Waals surface area contributed by atoms with E-state index in [2.05, 4.69) is 26.1 Å². The number of nitrogens with one attached hydrogen (secondary N) is 3. The van der Waals surface area contributed by atoms with E-state index < -0.39 is 5.91 Å². The Morgan fingerprint density at radius 3 is 2.23 bits per heavy atom. The van der Waals surface area contributed by atoms with Gasteiger partial charge in [0.05, 0.1) is 5.56 Å². The van der Waals surface area contributed by atoms with Crippen LogP contribution in [-0.4, -0.2) is 46.4 Å². The van der Waals surface area contributed by atoms with E-state index in [1.165, 1.54) is 38.6 Å². The van der Waals surface area contributed by atoms with Crippen molar-refractivity contribution < 1.29 is 14.4 Å². The van der Waals surface area contributed by atoms with Gasteiger partial charge >= 0.3 is 0 Å². The first-order valence-electron chi connectivity index (χ1n) is 7.72. The number of carbonyl (C=O) groups is 3. The van der Waals surface area contributed by atoms with Gasteiger partial charge in [-0.25, -0.2) is 0 Å². The van der Waals surface area contributed by atoms with Gasteiger partial charge in [0.15, 0.2) is 5.65 Å². The summed E-state index contributed by atoms with van der Waals surface area (Å²) in [5.74, 6) is -1.17. The van der Waals surface area contributed by atoms with Crippen molar-refractivity contribution in [3.8, 4) is 0 Å². The summed E-state index contributed by atoms with van der Waals surface area (Å²) in [6.07, 6.45) is 3.21. The molecule has 2 heterocycles. The molecular weight excluding hydrogens is 336 g/mol. The quantitative estimate of drug-likeness (QED) is 0.639. The minimum atomic E-state index is -0.430. The number of hydrogen-bond acceptors (Lipinski definition) is 5. The van der Waals surface area contributed by atoms with Crippen LogP contribution >= 0.6 is 0 Å². The van der Waals surface area contributed by atoms with Crippen LogP contribution in [0.3, 0.4) is 0 Å². The summed E-state index contributed by atoms with van der Waals surface area (Å²) < 4.78 is 1.62. The molecule has 0 fully saturated rings. The molecule has 3 N–H and O–H groups in total. The largest absolute Gasteiger partial charge is 0.355 e. The third-order valence-electron chi connectivity index (χ3n) is 3.74. The van der Waals surface area contributed by atoms with Gasteiger partial charge in [0.1, 0.15) is 6.33 Å². The minimum absolute atomic E-state index is 0.254. The van der Waals surface area contributed by atoms with E-state index in [4.69, 9.17) is 0 Å². The number of hydrogen-bond donors (Lipinski definition) is 3. The van der Waals surface area contributed by atoms with E-state index in [1.807, 2.05) is 0 Å². The summed E-state index contributed by atoms with van der Waals surface area (Å²) in [7, 11) is 2.97. The van der Waals surface area contributed by atoms with Crippen LogP contribution in [0.4, 0.5) is 5.69 Å². The molecule has 0 spiro atoms. The third kappa shape index (κ3) is 3.22. The number of amides is 3. The predicted octanol–water partition coefficient (Wildman–Crippen LogP) is 0.701. The zero-order valence-corrected chi connectivity index (χ0v) is 14.1. The molecule has 9 nitrogen and oxygen atoms in total. The molecule has 3 amide bonds. The van der Waals surface area contributed by atoms with Gasteiger partial charge in [-0.1, -0.05) is 0 Å². The molecule has 3 aromatic rings. The number of rotatable bonds is 4. The second-order valence-electron chi connectivity index (χ2n) is 5.40. The Labute approximate surface area is 148 Å². The second kappa shape index (κ2) is 7.01. The van der Waals surface area contributed by atoms with Crippen molar-refractivity contribution in [2.75, 3.05) is 19.4 Å². The van der Waals surface area contributed by atoms with E-state index in [-0.39, 0.29) is 22.9 Å². The molecule has 26 heavy (non-hydrogen) atoms. The van der Waals surface area contributed by atoms with Crippen molar-refractivity contribution in [3.63, 3.8) is 0 Å². The first kappa shape index (κ1) is 17.1. The number of nitrogens with zero attached hydrogens (tertiary/aromatic N) is 3. The lowest BCUT2D eigenvalue weighted by Crippen LogP contribution is -2.22. The Kier molecular flexibility index (Phi) is 4.61. The van der Waals surface area contributed by atoms with Crippen molar-refractivity contribution in [2.24, 2.45) is 0 Å². The molecule has 132 valence electrons. The molecule has 0 bridgehead atoms. The van der Waals surface area contributed by atoms with Crippen LogP contribution in [0.2, 0.25) is 0 Å². The van der Waals surface area contributed by atoms with E-state index in [1.54, 1.807) is 22.7 Å². The number of benzene rings is 1. The van der Waals surface area contributed by atoms with Crippen LogP contribution in [0.25, 0.3) is 5.65 Å². The smallest absolute Gasteiger partial charge is 0.259 e. The summed E-state index contributed by atoms with van der Waals surface area (Å²) in [4.78, 5) is 36.5. The Morgan fingerprint density at radius 1 is 0.962 bits per heavy atom. The highest BCUT2D eigenvalue weighted by Gasteiger charge is 2.16. The van der Waals surface area contributed by atoms with Gasteiger partial charge in [-0.2, -0.15) is 0 Å². The average molecular weight is 352 g/mol. The van der Waals surface area contributed by atoms with E-state index in [0.29, 0.717) is 16.9 Å². The number of carbonyl (C=O) groups excluding carboxylic acids is 3. The first-order valence-corrected chi connectivity index (χ1v) is 7.72. The van der Waals surface area contributed by atoms with Crippen LogP contribution in [0.5, 0.6) is 0 Å². The maximum absolute atomic E-state index is 12.6. The Bertz CT molecular complexity index is 976. The average Bonchev–Trinajstić information content (AvgIpc) is 3.15. The number of pyridine rings is 1. The molecule has 0 aliphatic carbocycles. The summed E-state index contributed by atoms with van der Waals surface area (Å²) in [6.45, 7) is 0. The highest BCUT2D eigenvalue weighted by atomic mass is 16.2. The summed E-state index contributed by atoms with van der Waals surface area (Å²) in [6, 6.07) is 7.75. The summed E-state index contributed by atoms with van der Waals surface area (Å²) >= 11 is 0. The predicted molar refractivity (Wildman–Crippen MR) is 94.2 cm³/mol. The Morgan fingerprint density at radius 2 is 1.62 bits per heavy atom. The molecule has 3 rings (SSSR count). The summed E-state index contributed by atoms with van der Waals surface area (Å²) in [5, 5.41) is 15.4. The molecule has 0 saturated carbocycles. The SMILES string of the molecule is CNC(=O)c1cc(NC(=O)c2cccn3cnnc23)cc(C(=O)NC)c1. The van der Waals surface area contributed by atoms with Crippen LogP contribution in [0.1, 0.15) is 31.1 Å². The van der Waals surface area contributed by atoms with Gasteiger partial charge in [0, 0.05) is 37.1 Å². The fraction of sp³-hybridized carbons (Fsp3) is 0.118. The van der Waals surface area contributed by atoms with E-state index in [9.17, 15) is 14.4 Å². The number of fused-ring (bicyclic) bond motifs is 1. The van der Waals surface area contributed by atoms with Crippen molar-refractivity contribution >= 4 is 29.1 Å². The monoisotopic (exact) mass is 352 g/mol. The molecule has 0 aliphatic rings. The van der Waals surface area contributed by atoms with Crippen molar-refractivity contribution in [2.45, 2.75) is 0 Å². The molecule has 0 unspecified atom stereocenters. The van der Waals surface area contributed by atoms with Crippen LogP contribution < -0.4 is 16.0 Å². The fourth-order valence-electron chi connectivity index (χ4n) is 2.48. The molecule has 1 aromatic carbocycles. The zero-order chi connectivity index (χ0) is 18.7. The molecular formula is C17H16N6O3. The van der Waals surface area contributed by atoms with E-state index >= 15 is 0 Å². The normalized spacial score (nSPS) is 10.4. The topological polar surface area (TPSA) is 117 Å². The van der Waals surface area contributed by atoms with Gasteiger partial charge in [-0.3, -0.25) is 18.8 Å². The standard InChI is InChI=1S/C17H16N6O3/c1-18-15(24)10-6-11(16(25)19-2)8-12(7-10)21-17(26)13-4-3-5-23-9-20-22-14(13)23/h3-9H,1-2H3,(H,18,24)(H,19,25)(H,21,26). The lowest BCUT2D eigenvalue weighted by molar-refractivity contribution is 0.0960. The van der Waals surface area contributed by atoms with E-state index in [0.717, 1.165) is 0 Å². The van der Waals surface area contributed by atoms with Gasteiger partial charge in [-0.15, -0.1) is 10.2 Å². The zero-order valence-electron chi connectivity index (χ0n) is 14.1. The maximum Gasteiger partial charge on any atom is 0.259 e. The maximum atomic E-state index is 12.6. The Hall–Kier alpha value is -3.75. The lowest BCUT2D eigenvalue weighted by atomic mass is 10.1. The Balaban J connectivity index is 1.98. The van der Waals surface area contributed by atoms with Crippen LogP contribution in [0.15, 0.2) is 42.9 Å². The molecule has 0 radical (unpaired) electrons. The van der Waals surface area contributed by atoms with Crippen molar-refractivity contribution in [3.05, 3.63) is 59.5 Å². The molecule has 0 aliphatic heterocycles. The first-order chi connectivity index (χ1) is 12.5. The van der Waals surface area contributed by atoms with Gasteiger partial charge in [0.25, 0.3) is 17.7 Å².